The Morgan fingerprint density at radius 1 is 0.692 bits per heavy atom. The van der Waals surface area contributed by atoms with Gasteiger partial charge in [-0.15, -0.1) is 23.2 Å². The smallest absolute Gasteiger partial charge is 0.111 e. The van der Waals surface area contributed by atoms with Gasteiger partial charge in [0.05, 0.1) is 0 Å². The first kappa shape index (κ1) is 11.0. The Labute approximate surface area is 106 Å². The summed E-state index contributed by atoms with van der Waals surface area (Å²) >= 11 is 36.4. The highest BCUT2D eigenvalue weighted by molar-refractivity contribution is 6.69. The monoisotopic (exact) mass is 298 g/mol. The first-order valence-corrected chi connectivity index (χ1v) is 5.77. The van der Waals surface area contributed by atoms with Crippen LogP contribution < -0.4 is 0 Å². The number of rotatable bonds is 0. The van der Waals surface area contributed by atoms with E-state index >= 15 is 0 Å². The summed E-state index contributed by atoms with van der Waals surface area (Å²) in [7, 11) is 0. The van der Waals surface area contributed by atoms with Crippen LogP contribution in [0.4, 0.5) is 0 Å². The van der Waals surface area contributed by atoms with E-state index in [1.54, 1.807) is 12.2 Å². The molecule has 0 heterocycles. The summed E-state index contributed by atoms with van der Waals surface area (Å²) in [4.78, 5) is -1.94. The molecule has 0 spiro atoms. The molecule has 6 heteroatoms. The topological polar surface area (TPSA) is 0 Å². The van der Waals surface area contributed by atoms with Crippen LogP contribution in [0.15, 0.2) is 12.2 Å². The molecule has 2 bridgehead atoms. The number of fused-ring (bicyclic) bond motifs is 2. The van der Waals surface area contributed by atoms with Gasteiger partial charge in [-0.05, 0) is 6.42 Å². The van der Waals surface area contributed by atoms with Crippen molar-refractivity contribution in [1.82, 2.24) is 0 Å². The molecule has 0 aromatic rings. The van der Waals surface area contributed by atoms with E-state index in [1.807, 2.05) is 0 Å². The Morgan fingerprint density at radius 3 is 1.15 bits per heavy atom. The predicted octanol–water partition coefficient (Wildman–Crippen LogP) is 4.26. The molecular formula is C7H4Cl6. The SMILES string of the molecule is ClC12C=CC(Cl)(C1)C(Cl)(Cl)C2(Cl)Cl. The van der Waals surface area contributed by atoms with Gasteiger partial charge in [0.25, 0.3) is 0 Å². The van der Waals surface area contributed by atoms with Gasteiger partial charge in [0, 0.05) is 0 Å². The van der Waals surface area contributed by atoms with Crippen molar-refractivity contribution in [3.8, 4) is 0 Å². The quantitative estimate of drug-likeness (QED) is 0.463. The maximum Gasteiger partial charge on any atom is 0.175 e. The van der Waals surface area contributed by atoms with Crippen LogP contribution in [0.2, 0.25) is 0 Å². The summed E-state index contributed by atoms with van der Waals surface area (Å²) in [6.07, 6.45) is 3.65. The summed E-state index contributed by atoms with van der Waals surface area (Å²) in [5.41, 5.74) is 0. The molecule has 0 radical (unpaired) electrons. The third kappa shape index (κ3) is 1.03. The third-order valence-electron chi connectivity index (χ3n) is 2.56. The average Bonchev–Trinajstić information content (AvgIpc) is 2.33. The first-order chi connectivity index (χ1) is 5.66. The predicted molar refractivity (Wildman–Crippen MR) is 59.8 cm³/mol. The lowest BCUT2D eigenvalue weighted by Crippen LogP contribution is -2.51. The molecule has 2 rings (SSSR count). The van der Waals surface area contributed by atoms with E-state index < -0.39 is 18.4 Å². The molecule has 74 valence electrons. The lowest BCUT2D eigenvalue weighted by Gasteiger charge is -2.39. The van der Waals surface area contributed by atoms with E-state index in [4.69, 9.17) is 69.6 Å². The fourth-order valence-electron chi connectivity index (χ4n) is 1.71. The molecular weight excluding hydrogens is 297 g/mol. The van der Waals surface area contributed by atoms with E-state index in [1.165, 1.54) is 0 Å². The zero-order valence-electron chi connectivity index (χ0n) is 6.13. The van der Waals surface area contributed by atoms with Crippen molar-refractivity contribution in [1.29, 1.82) is 0 Å². The minimum Gasteiger partial charge on any atom is -0.111 e. The maximum absolute atomic E-state index is 6.16. The molecule has 1 saturated carbocycles. The molecule has 0 aromatic carbocycles. The number of hydrogen-bond donors (Lipinski definition) is 0. The fraction of sp³-hybridized carbons (Fsp3) is 0.714. The molecule has 0 amide bonds. The second-order valence-corrected chi connectivity index (χ2v) is 7.39. The number of hydrogen-bond acceptors (Lipinski definition) is 0. The van der Waals surface area contributed by atoms with E-state index in [0.29, 0.717) is 6.42 Å². The van der Waals surface area contributed by atoms with Gasteiger partial charge in [-0.25, -0.2) is 0 Å². The second-order valence-electron chi connectivity index (χ2n) is 3.38. The maximum atomic E-state index is 6.16. The van der Waals surface area contributed by atoms with E-state index in [0.717, 1.165) is 0 Å². The van der Waals surface area contributed by atoms with Gasteiger partial charge in [0.1, 0.15) is 9.75 Å². The van der Waals surface area contributed by atoms with E-state index in [9.17, 15) is 0 Å². The molecule has 2 atom stereocenters. The van der Waals surface area contributed by atoms with Crippen LogP contribution >= 0.6 is 69.6 Å². The van der Waals surface area contributed by atoms with Crippen molar-refractivity contribution in [3.63, 3.8) is 0 Å². The van der Waals surface area contributed by atoms with Crippen molar-refractivity contribution < 1.29 is 0 Å². The van der Waals surface area contributed by atoms with Gasteiger partial charge in [-0.2, -0.15) is 0 Å². The van der Waals surface area contributed by atoms with E-state index in [-0.39, 0.29) is 0 Å². The van der Waals surface area contributed by atoms with Gasteiger partial charge in [-0.1, -0.05) is 58.6 Å². The summed E-state index contributed by atoms with van der Waals surface area (Å²) in [6.45, 7) is 0. The molecule has 13 heavy (non-hydrogen) atoms. The Kier molecular flexibility index (Phi) is 2.19. The van der Waals surface area contributed by atoms with Crippen molar-refractivity contribution in [2.75, 3.05) is 0 Å². The van der Waals surface area contributed by atoms with Crippen molar-refractivity contribution in [2.24, 2.45) is 0 Å². The summed E-state index contributed by atoms with van der Waals surface area (Å²) in [6, 6.07) is 0. The highest BCUT2D eigenvalue weighted by Gasteiger charge is 2.77. The first-order valence-electron chi connectivity index (χ1n) is 3.50. The van der Waals surface area contributed by atoms with Crippen LogP contribution in [0.1, 0.15) is 6.42 Å². The molecule has 2 aliphatic rings. The standard InChI is InChI=1S/C7H4Cl6/c8-4-1-2-5(9,3-4)7(12,13)6(4,10)11/h1-2H,3H2. The average molecular weight is 301 g/mol. The summed E-state index contributed by atoms with van der Waals surface area (Å²) < 4.78 is -2.94. The lowest BCUT2D eigenvalue weighted by atomic mass is 10.0. The van der Waals surface area contributed by atoms with Crippen molar-refractivity contribution >= 4 is 69.6 Å². The zero-order chi connectivity index (χ0) is 10.1. The Bertz CT molecular complexity index is 267. The zero-order valence-corrected chi connectivity index (χ0v) is 10.7. The summed E-state index contributed by atoms with van der Waals surface area (Å²) in [5, 5.41) is 0. The largest absolute Gasteiger partial charge is 0.175 e. The second kappa shape index (κ2) is 2.59. The van der Waals surface area contributed by atoms with Gasteiger partial charge >= 0.3 is 0 Å². The number of allylic oxidation sites excluding steroid dienone is 2. The van der Waals surface area contributed by atoms with Crippen LogP contribution in [0.25, 0.3) is 0 Å². The normalized spacial score (nSPS) is 50.0. The highest BCUT2D eigenvalue weighted by atomic mass is 35.5. The fourth-order valence-corrected chi connectivity index (χ4v) is 4.00. The molecule has 0 aliphatic heterocycles. The minimum absolute atomic E-state index is 0.336. The Hall–Kier alpha value is 1.48. The van der Waals surface area contributed by atoms with Crippen LogP contribution in [-0.4, -0.2) is 18.4 Å². The Balaban J connectivity index is 2.62. The van der Waals surface area contributed by atoms with Crippen LogP contribution in [0.3, 0.4) is 0 Å². The lowest BCUT2D eigenvalue weighted by molar-refractivity contribution is 0.648. The molecule has 1 fully saturated rings. The highest BCUT2D eigenvalue weighted by Crippen LogP contribution is 2.71. The number of halogens is 6. The molecule has 0 aromatic heterocycles. The van der Waals surface area contributed by atoms with Gasteiger partial charge < -0.3 is 0 Å². The van der Waals surface area contributed by atoms with E-state index in [2.05, 4.69) is 0 Å². The summed E-state index contributed by atoms with van der Waals surface area (Å²) in [5.74, 6) is 0. The minimum atomic E-state index is -1.47. The van der Waals surface area contributed by atoms with Crippen molar-refractivity contribution in [2.45, 2.75) is 24.8 Å². The van der Waals surface area contributed by atoms with Crippen LogP contribution in [0.5, 0.6) is 0 Å². The van der Waals surface area contributed by atoms with Crippen molar-refractivity contribution in [3.05, 3.63) is 12.2 Å². The van der Waals surface area contributed by atoms with Crippen LogP contribution in [0, 0.1) is 0 Å². The molecule has 0 nitrogen and oxygen atoms in total. The molecule has 0 N–H and O–H groups in total. The van der Waals surface area contributed by atoms with Gasteiger partial charge in [0.15, 0.2) is 8.67 Å². The third-order valence-corrected chi connectivity index (χ3v) is 6.91. The van der Waals surface area contributed by atoms with Gasteiger partial charge in [0.2, 0.25) is 0 Å². The molecule has 2 aliphatic carbocycles. The Morgan fingerprint density at radius 2 is 1.00 bits per heavy atom. The molecule has 0 saturated heterocycles. The van der Waals surface area contributed by atoms with Crippen LogP contribution in [-0.2, 0) is 0 Å². The van der Waals surface area contributed by atoms with Gasteiger partial charge in [-0.3, -0.25) is 0 Å². The molecule has 2 unspecified atom stereocenters. The number of alkyl halides is 6.